The molecule has 3 aromatic carbocycles. The zero-order chi connectivity index (χ0) is 19.8. The van der Waals surface area contributed by atoms with E-state index in [2.05, 4.69) is 26.2 Å². The van der Waals surface area contributed by atoms with Gasteiger partial charge in [-0.2, -0.15) is 0 Å². The van der Waals surface area contributed by atoms with Crippen LogP contribution in [-0.4, -0.2) is 25.8 Å². The second kappa shape index (κ2) is 9.71. The van der Waals surface area contributed by atoms with Crippen LogP contribution in [0.5, 0.6) is 11.5 Å². The Morgan fingerprint density at radius 3 is 2.50 bits per heavy atom. The van der Waals surface area contributed by atoms with Crippen LogP contribution in [0.3, 0.4) is 0 Å². The number of aliphatic imine (C=N–C) groups is 1. The van der Waals surface area contributed by atoms with Crippen molar-refractivity contribution in [3.05, 3.63) is 82.8 Å². The maximum atomic E-state index is 12.0. The number of carbonyl (C=O) groups excluding carboxylic acids is 1. The van der Waals surface area contributed by atoms with Crippen molar-refractivity contribution in [1.82, 2.24) is 0 Å². The van der Waals surface area contributed by atoms with Crippen LogP contribution in [0.25, 0.3) is 0 Å². The molecule has 0 radical (unpaired) electrons. The number of para-hydroxylation sites is 1. The molecule has 0 aromatic heterocycles. The first kappa shape index (κ1) is 19.6. The summed E-state index contributed by atoms with van der Waals surface area (Å²) in [6, 6.07) is 22.3. The highest BCUT2D eigenvalue weighted by Crippen LogP contribution is 2.26. The predicted molar refractivity (Wildman–Crippen MR) is 115 cm³/mol. The molecular formula is C22H19BrN2O3. The van der Waals surface area contributed by atoms with Crippen molar-refractivity contribution in [1.29, 1.82) is 0 Å². The van der Waals surface area contributed by atoms with Crippen LogP contribution in [0.2, 0.25) is 0 Å². The molecule has 0 bridgehead atoms. The smallest absolute Gasteiger partial charge is 0.262 e. The standard InChI is InChI=1S/C22H19BrN2O3/c1-27-19-10-8-17(9-11-19)24-14-16-7-12-21(20(23)13-16)28-15-22(26)25-18-5-3-2-4-6-18/h2-14H,15H2,1H3,(H,25,26). The van der Waals surface area contributed by atoms with Crippen molar-refractivity contribution in [2.45, 2.75) is 0 Å². The first-order valence-corrected chi connectivity index (χ1v) is 9.39. The zero-order valence-electron chi connectivity index (χ0n) is 15.3. The molecule has 0 saturated carbocycles. The SMILES string of the molecule is COc1ccc(N=Cc2ccc(OCC(=O)Nc3ccccc3)c(Br)c2)cc1. The first-order chi connectivity index (χ1) is 13.6. The minimum atomic E-state index is -0.219. The van der Waals surface area contributed by atoms with E-state index in [-0.39, 0.29) is 12.5 Å². The third-order valence-electron chi connectivity index (χ3n) is 3.81. The zero-order valence-corrected chi connectivity index (χ0v) is 16.8. The summed E-state index contributed by atoms with van der Waals surface area (Å²) >= 11 is 3.47. The normalized spacial score (nSPS) is 10.6. The number of nitrogens with zero attached hydrogens (tertiary/aromatic N) is 1. The van der Waals surface area contributed by atoms with Gasteiger partial charge in [0.05, 0.1) is 17.3 Å². The van der Waals surface area contributed by atoms with Gasteiger partial charge in [0.15, 0.2) is 6.61 Å². The fourth-order valence-electron chi connectivity index (χ4n) is 2.39. The van der Waals surface area contributed by atoms with Crippen LogP contribution in [-0.2, 0) is 4.79 Å². The molecule has 3 rings (SSSR count). The van der Waals surface area contributed by atoms with Crippen LogP contribution in [0.1, 0.15) is 5.56 Å². The van der Waals surface area contributed by atoms with Gasteiger partial charge in [-0.15, -0.1) is 0 Å². The van der Waals surface area contributed by atoms with Crippen molar-refractivity contribution in [3.8, 4) is 11.5 Å². The van der Waals surface area contributed by atoms with E-state index in [0.717, 1.165) is 27.2 Å². The molecule has 5 nitrogen and oxygen atoms in total. The maximum Gasteiger partial charge on any atom is 0.262 e. The van der Waals surface area contributed by atoms with Gasteiger partial charge in [-0.25, -0.2) is 0 Å². The van der Waals surface area contributed by atoms with Crippen LogP contribution >= 0.6 is 15.9 Å². The number of anilines is 1. The minimum Gasteiger partial charge on any atom is -0.497 e. The first-order valence-electron chi connectivity index (χ1n) is 8.59. The monoisotopic (exact) mass is 438 g/mol. The van der Waals surface area contributed by atoms with E-state index in [1.807, 2.05) is 66.7 Å². The molecule has 0 aliphatic carbocycles. The molecule has 1 amide bonds. The molecule has 1 N–H and O–H groups in total. The molecule has 0 spiro atoms. The summed E-state index contributed by atoms with van der Waals surface area (Å²) in [4.78, 5) is 16.4. The highest BCUT2D eigenvalue weighted by Gasteiger charge is 2.06. The Balaban J connectivity index is 1.57. The summed E-state index contributed by atoms with van der Waals surface area (Å²) in [5, 5.41) is 2.78. The van der Waals surface area contributed by atoms with Crippen molar-refractivity contribution >= 4 is 39.4 Å². The van der Waals surface area contributed by atoms with Crippen LogP contribution in [0.4, 0.5) is 11.4 Å². The van der Waals surface area contributed by atoms with E-state index >= 15 is 0 Å². The predicted octanol–water partition coefficient (Wildman–Crippen LogP) is 5.23. The number of amides is 1. The minimum absolute atomic E-state index is 0.0766. The molecule has 0 heterocycles. The van der Waals surface area contributed by atoms with Gasteiger partial charge >= 0.3 is 0 Å². The molecule has 0 saturated heterocycles. The van der Waals surface area contributed by atoms with Gasteiger partial charge in [0.25, 0.3) is 5.91 Å². The summed E-state index contributed by atoms with van der Waals surface area (Å²) in [6.07, 6.45) is 1.76. The number of nitrogens with one attached hydrogen (secondary N) is 1. The van der Waals surface area contributed by atoms with Gasteiger partial charge in [0.1, 0.15) is 11.5 Å². The highest BCUT2D eigenvalue weighted by atomic mass is 79.9. The van der Waals surface area contributed by atoms with Gasteiger partial charge in [0, 0.05) is 11.9 Å². The summed E-state index contributed by atoms with van der Waals surface area (Å²) in [5.41, 5.74) is 2.47. The maximum absolute atomic E-state index is 12.0. The number of halogens is 1. The number of rotatable bonds is 7. The second-order valence-electron chi connectivity index (χ2n) is 5.85. The molecule has 28 heavy (non-hydrogen) atoms. The molecule has 0 aliphatic rings. The Labute approximate surface area is 172 Å². The fourth-order valence-corrected chi connectivity index (χ4v) is 2.90. The molecule has 0 unspecified atom stereocenters. The third-order valence-corrected chi connectivity index (χ3v) is 4.43. The summed E-state index contributed by atoms with van der Waals surface area (Å²) < 4.78 is 11.5. The molecule has 0 atom stereocenters. The lowest BCUT2D eigenvalue weighted by molar-refractivity contribution is -0.118. The van der Waals surface area contributed by atoms with Crippen molar-refractivity contribution in [2.24, 2.45) is 4.99 Å². The van der Waals surface area contributed by atoms with E-state index < -0.39 is 0 Å². The van der Waals surface area contributed by atoms with Crippen LogP contribution in [0, 0.1) is 0 Å². The quantitative estimate of drug-likeness (QED) is 0.514. The fraction of sp³-hybridized carbons (Fsp3) is 0.0909. The van der Waals surface area contributed by atoms with Crippen molar-refractivity contribution < 1.29 is 14.3 Å². The van der Waals surface area contributed by atoms with Gasteiger partial charge in [0.2, 0.25) is 0 Å². The summed E-state index contributed by atoms with van der Waals surface area (Å²) in [6.45, 7) is -0.0766. The second-order valence-corrected chi connectivity index (χ2v) is 6.70. The van der Waals surface area contributed by atoms with E-state index in [4.69, 9.17) is 9.47 Å². The number of benzene rings is 3. The van der Waals surface area contributed by atoms with E-state index in [0.29, 0.717) is 5.75 Å². The van der Waals surface area contributed by atoms with E-state index in [1.165, 1.54) is 0 Å². The Hall–Kier alpha value is -3.12. The number of ether oxygens (including phenoxy) is 2. The van der Waals surface area contributed by atoms with Gasteiger partial charge in [-0.05, 0) is 76.1 Å². The average molecular weight is 439 g/mol. The van der Waals surface area contributed by atoms with Crippen molar-refractivity contribution in [3.63, 3.8) is 0 Å². The van der Waals surface area contributed by atoms with Crippen LogP contribution < -0.4 is 14.8 Å². The molecule has 6 heteroatoms. The highest BCUT2D eigenvalue weighted by molar-refractivity contribution is 9.10. The Bertz CT molecular complexity index is 957. The topological polar surface area (TPSA) is 59.9 Å². The van der Waals surface area contributed by atoms with Crippen LogP contribution in [0.15, 0.2) is 82.3 Å². The van der Waals surface area contributed by atoms with E-state index in [9.17, 15) is 4.79 Å². The van der Waals surface area contributed by atoms with Gasteiger partial charge < -0.3 is 14.8 Å². The molecule has 3 aromatic rings. The lowest BCUT2D eigenvalue weighted by Gasteiger charge is -2.09. The molecular weight excluding hydrogens is 420 g/mol. The Kier molecular flexibility index (Phi) is 6.81. The Morgan fingerprint density at radius 1 is 1.07 bits per heavy atom. The summed E-state index contributed by atoms with van der Waals surface area (Å²) in [5.74, 6) is 1.16. The third kappa shape index (κ3) is 5.69. The molecule has 0 fully saturated rings. The molecule has 0 aliphatic heterocycles. The lowest BCUT2D eigenvalue weighted by atomic mass is 10.2. The average Bonchev–Trinajstić information content (AvgIpc) is 2.72. The number of hydrogen-bond donors (Lipinski definition) is 1. The summed E-state index contributed by atoms with van der Waals surface area (Å²) in [7, 11) is 1.63. The largest absolute Gasteiger partial charge is 0.497 e. The Morgan fingerprint density at radius 2 is 1.82 bits per heavy atom. The number of hydrogen-bond acceptors (Lipinski definition) is 4. The van der Waals surface area contributed by atoms with Gasteiger partial charge in [-0.1, -0.05) is 18.2 Å². The van der Waals surface area contributed by atoms with Crippen molar-refractivity contribution in [2.75, 3.05) is 19.0 Å². The number of methoxy groups -OCH3 is 1. The van der Waals surface area contributed by atoms with E-state index in [1.54, 1.807) is 19.4 Å². The molecule has 142 valence electrons. The number of carbonyl (C=O) groups is 1. The van der Waals surface area contributed by atoms with Gasteiger partial charge in [-0.3, -0.25) is 9.79 Å². The lowest BCUT2D eigenvalue weighted by Crippen LogP contribution is -2.20.